The second-order valence-electron chi connectivity index (χ2n) is 6.91. The Morgan fingerprint density at radius 3 is 2.29 bits per heavy atom. The number of ether oxygens (including phenoxy) is 1. The molecule has 3 heteroatoms. The zero-order chi connectivity index (χ0) is 16.2. The molecule has 0 fully saturated rings. The molecule has 0 aliphatic rings. The molecule has 0 saturated heterocycles. The number of aryl methyl sites for hydroxylation is 1. The van der Waals surface area contributed by atoms with E-state index >= 15 is 0 Å². The number of aliphatic hydroxyl groups excluding tert-OH is 1. The average Bonchev–Trinajstić information content (AvgIpc) is 2.36. The Morgan fingerprint density at radius 2 is 1.86 bits per heavy atom. The molecular formula is C18H31NO2. The van der Waals surface area contributed by atoms with Crippen molar-refractivity contribution in [3.63, 3.8) is 0 Å². The van der Waals surface area contributed by atoms with Gasteiger partial charge in [0.2, 0.25) is 0 Å². The zero-order valence-corrected chi connectivity index (χ0v) is 14.7. The third-order valence-electron chi connectivity index (χ3n) is 3.74. The van der Waals surface area contributed by atoms with E-state index in [4.69, 9.17) is 4.74 Å². The lowest BCUT2D eigenvalue weighted by atomic mass is 9.82. The molecule has 1 rings (SSSR count). The standard InChI is InChI=1S/C18H31NO2/c1-8-21-17-14(16(9-10-20)19(6)7)11-13(2)12-15(17)18(3,4)5/h11-12,16,20H,8-10H2,1-7H3. The van der Waals surface area contributed by atoms with Crippen LogP contribution in [0.2, 0.25) is 0 Å². The predicted octanol–water partition coefficient (Wildman–Crippen LogP) is 3.68. The maximum Gasteiger partial charge on any atom is 0.127 e. The molecule has 0 saturated carbocycles. The molecule has 1 aromatic carbocycles. The van der Waals surface area contributed by atoms with Gasteiger partial charge in [-0.15, -0.1) is 0 Å². The molecule has 0 radical (unpaired) electrons. The van der Waals surface area contributed by atoms with Crippen LogP contribution >= 0.6 is 0 Å². The van der Waals surface area contributed by atoms with Gasteiger partial charge in [0, 0.05) is 23.8 Å². The summed E-state index contributed by atoms with van der Waals surface area (Å²) in [6.07, 6.45) is 0.708. The summed E-state index contributed by atoms with van der Waals surface area (Å²) in [5, 5.41) is 9.40. The predicted molar refractivity (Wildman–Crippen MR) is 89.2 cm³/mol. The van der Waals surface area contributed by atoms with Crippen LogP contribution in [0.1, 0.15) is 56.8 Å². The molecule has 1 atom stereocenters. The fourth-order valence-electron chi connectivity index (χ4n) is 2.73. The number of aliphatic hydroxyl groups is 1. The van der Waals surface area contributed by atoms with E-state index in [0.717, 1.165) is 5.75 Å². The van der Waals surface area contributed by atoms with E-state index in [1.807, 2.05) is 6.92 Å². The topological polar surface area (TPSA) is 32.7 Å². The maximum atomic E-state index is 9.40. The SMILES string of the molecule is CCOc1c(C(CCO)N(C)C)cc(C)cc1C(C)(C)C. The van der Waals surface area contributed by atoms with Crippen molar-refractivity contribution in [2.75, 3.05) is 27.3 Å². The summed E-state index contributed by atoms with van der Waals surface area (Å²) in [5.74, 6) is 0.989. The zero-order valence-electron chi connectivity index (χ0n) is 14.7. The van der Waals surface area contributed by atoms with Gasteiger partial charge in [0.1, 0.15) is 5.75 Å². The smallest absolute Gasteiger partial charge is 0.127 e. The van der Waals surface area contributed by atoms with Gasteiger partial charge in [0.15, 0.2) is 0 Å². The van der Waals surface area contributed by atoms with Gasteiger partial charge in [0.05, 0.1) is 6.61 Å². The van der Waals surface area contributed by atoms with Gasteiger partial charge in [0.25, 0.3) is 0 Å². The highest BCUT2D eigenvalue weighted by Gasteiger charge is 2.26. The summed E-state index contributed by atoms with van der Waals surface area (Å²) < 4.78 is 6.02. The quantitative estimate of drug-likeness (QED) is 0.868. The third kappa shape index (κ3) is 4.45. The maximum absolute atomic E-state index is 9.40. The molecule has 21 heavy (non-hydrogen) atoms. The van der Waals surface area contributed by atoms with Crippen molar-refractivity contribution in [2.24, 2.45) is 0 Å². The van der Waals surface area contributed by atoms with E-state index in [-0.39, 0.29) is 18.1 Å². The van der Waals surface area contributed by atoms with Crippen LogP contribution in [-0.2, 0) is 5.41 Å². The minimum atomic E-state index is 0.0291. The van der Waals surface area contributed by atoms with E-state index in [0.29, 0.717) is 13.0 Å². The molecule has 0 amide bonds. The van der Waals surface area contributed by atoms with Crippen molar-refractivity contribution in [1.82, 2.24) is 4.90 Å². The molecular weight excluding hydrogens is 262 g/mol. The molecule has 0 heterocycles. The molecule has 1 aromatic rings. The first-order valence-electron chi connectivity index (χ1n) is 7.77. The molecule has 1 N–H and O–H groups in total. The largest absolute Gasteiger partial charge is 0.493 e. The highest BCUT2D eigenvalue weighted by Crippen LogP contribution is 2.40. The molecule has 3 nitrogen and oxygen atoms in total. The average molecular weight is 293 g/mol. The minimum absolute atomic E-state index is 0.0291. The van der Waals surface area contributed by atoms with Crippen molar-refractivity contribution in [2.45, 2.75) is 52.5 Å². The van der Waals surface area contributed by atoms with Crippen molar-refractivity contribution in [3.05, 3.63) is 28.8 Å². The summed E-state index contributed by atoms with van der Waals surface area (Å²) in [6.45, 7) is 11.6. The number of rotatable bonds is 6. The summed E-state index contributed by atoms with van der Waals surface area (Å²) >= 11 is 0. The molecule has 0 bridgehead atoms. The first-order chi connectivity index (χ1) is 9.72. The second kappa shape index (κ2) is 7.28. The van der Waals surface area contributed by atoms with Crippen molar-refractivity contribution in [1.29, 1.82) is 0 Å². The van der Waals surface area contributed by atoms with E-state index in [9.17, 15) is 5.11 Å². The Balaban J connectivity index is 3.51. The fraction of sp³-hybridized carbons (Fsp3) is 0.667. The van der Waals surface area contributed by atoms with Crippen LogP contribution in [0.25, 0.3) is 0 Å². The summed E-state index contributed by atoms with van der Waals surface area (Å²) in [7, 11) is 4.10. The van der Waals surface area contributed by atoms with Crippen molar-refractivity contribution >= 4 is 0 Å². The van der Waals surface area contributed by atoms with E-state index < -0.39 is 0 Å². The molecule has 0 spiro atoms. The van der Waals surface area contributed by atoms with Crippen molar-refractivity contribution < 1.29 is 9.84 Å². The first kappa shape index (κ1) is 18.0. The van der Waals surface area contributed by atoms with Crippen LogP contribution in [0.3, 0.4) is 0 Å². The normalized spacial score (nSPS) is 13.6. The van der Waals surface area contributed by atoms with Gasteiger partial charge in [-0.25, -0.2) is 0 Å². The lowest BCUT2D eigenvalue weighted by Gasteiger charge is -2.31. The van der Waals surface area contributed by atoms with Gasteiger partial charge in [-0.3, -0.25) is 0 Å². The van der Waals surface area contributed by atoms with Crippen LogP contribution in [0.5, 0.6) is 5.75 Å². The molecule has 0 aromatic heterocycles. The summed E-state index contributed by atoms with van der Waals surface area (Å²) in [5.41, 5.74) is 3.69. The van der Waals surface area contributed by atoms with Crippen molar-refractivity contribution in [3.8, 4) is 5.75 Å². The van der Waals surface area contributed by atoms with Gasteiger partial charge < -0.3 is 14.7 Å². The number of hydrogen-bond acceptors (Lipinski definition) is 3. The molecule has 120 valence electrons. The second-order valence-corrected chi connectivity index (χ2v) is 6.91. The van der Waals surface area contributed by atoms with E-state index in [1.54, 1.807) is 0 Å². The summed E-state index contributed by atoms with van der Waals surface area (Å²) in [6, 6.07) is 4.58. The summed E-state index contributed by atoms with van der Waals surface area (Å²) in [4.78, 5) is 2.15. The minimum Gasteiger partial charge on any atom is -0.493 e. The molecule has 0 aliphatic heterocycles. The third-order valence-corrected chi connectivity index (χ3v) is 3.74. The van der Waals surface area contributed by atoms with E-state index in [2.05, 4.69) is 58.8 Å². The monoisotopic (exact) mass is 293 g/mol. The number of benzene rings is 1. The molecule has 0 aliphatic carbocycles. The number of nitrogens with zero attached hydrogens (tertiary/aromatic N) is 1. The highest BCUT2D eigenvalue weighted by atomic mass is 16.5. The lowest BCUT2D eigenvalue weighted by molar-refractivity contribution is 0.205. The van der Waals surface area contributed by atoms with Gasteiger partial charge in [-0.05, 0) is 39.8 Å². The Morgan fingerprint density at radius 1 is 1.24 bits per heavy atom. The van der Waals surface area contributed by atoms with Gasteiger partial charge in [-0.1, -0.05) is 38.5 Å². The van der Waals surface area contributed by atoms with E-state index in [1.165, 1.54) is 16.7 Å². The Labute approximate surface area is 129 Å². The molecule has 1 unspecified atom stereocenters. The Kier molecular flexibility index (Phi) is 6.24. The van der Waals surface area contributed by atoms with Crippen LogP contribution in [0.4, 0.5) is 0 Å². The van der Waals surface area contributed by atoms with Gasteiger partial charge >= 0.3 is 0 Å². The number of hydrogen-bond donors (Lipinski definition) is 1. The first-order valence-corrected chi connectivity index (χ1v) is 7.77. The van der Waals surface area contributed by atoms with Crippen LogP contribution < -0.4 is 4.74 Å². The Bertz CT molecular complexity index is 461. The van der Waals surface area contributed by atoms with Crippen LogP contribution in [0, 0.1) is 6.92 Å². The van der Waals surface area contributed by atoms with Crippen LogP contribution in [0.15, 0.2) is 12.1 Å². The van der Waals surface area contributed by atoms with Gasteiger partial charge in [-0.2, -0.15) is 0 Å². The lowest BCUT2D eigenvalue weighted by Crippen LogP contribution is -2.24. The Hall–Kier alpha value is -1.06. The highest BCUT2D eigenvalue weighted by molar-refractivity contribution is 5.49. The van der Waals surface area contributed by atoms with Crippen LogP contribution in [-0.4, -0.2) is 37.3 Å². The fourth-order valence-corrected chi connectivity index (χ4v) is 2.73.